The first kappa shape index (κ1) is 14.9. The third kappa shape index (κ3) is 3.09. The van der Waals surface area contributed by atoms with Crippen molar-refractivity contribution in [2.45, 2.75) is 32.4 Å². The highest BCUT2D eigenvalue weighted by molar-refractivity contribution is 14.1. The van der Waals surface area contributed by atoms with Gasteiger partial charge >= 0.3 is 6.09 Å². The van der Waals surface area contributed by atoms with Crippen LogP contribution in [0.4, 0.5) is 10.6 Å². The van der Waals surface area contributed by atoms with Crippen LogP contribution in [0.15, 0.2) is 18.3 Å². The van der Waals surface area contributed by atoms with Crippen LogP contribution in [-0.4, -0.2) is 47.8 Å². The summed E-state index contributed by atoms with van der Waals surface area (Å²) in [4.78, 5) is 20.7. The van der Waals surface area contributed by atoms with Crippen molar-refractivity contribution in [2.24, 2.45) is 5.92 Å². The van der Waals surface area contributed by atoms with Crippen LogP contribution in [0.3, 0.4) is 0 Å². The number of ether oxygens (including phenoxy) is 1. The van der Waals surface area contributed by atoms with Gasteiger partial charge in [-0.2, -0.15) is 0 Å². The van der Waals surface area contributed by atoms with E-state index in [-0.39, 0.29) is 6.09 Å². The van der Waals surface area contributed by atoms with Gasteiger partial charge in [0, 0.05) is 22.9 Å². The van der Waals surface area contributed by atoms with Crippen LogP contribution in [0.5, 0.6) is 0 Å². The van der Waals surface area contributed by atoms with Crippen LogP contribution in [-0.2, 0) is 4.74 Å². The van der Waals surface area contributed by atoms with Gasteiger partial charge in [0.15, 0.2) is 0 Å². The monoisotopic (exact) mass is 401 g/mol. The fourth-order valence-electron chi connectivity index (χ4n) is 2.98. The lowest BCUT2D eigenvalue weighted by molar-refractivity contribution is 0.0591. The SMILES string of the molecule is CC(C)COC(=O)N1CC2CC(C1)N2c1ccc(I)cn1. The minimum absolute atomic E-state index is 0.173. The highest BCUT2D eigenvalue weighted by Gasteiger charge is 2.46. The summed E-state index contributed by atoms with van der Waals surface area (Å²) < 4.78 is 6.46. The number of halogens is 1. The Morgan fingerprint density at radius 1 is 1.43 bits per heavy atom. The number of carbonyl (C=O) groups excluding carboxylic acids is 1. The van der Waals surface area contributed by atoms with Gasteiger partial charge in [-0.15, -0.1) is 0 Å². The average Bonchev–Trinajstić information content (AvgIpc) is 2.47. The minimum Gasteiger partial charge on any atom is -0.449 e. The van der Waals surface area contributed by atoms with Crippen molar-refractivity contribution < 1.29 is 9.53 Å². The molecule has 2 unspecified atom stereocenters. The fourth-order valence-corrected chi connectivity index (χ4v) is 3.30. The Hall–Kier alpha value is -1.05. The maximum atomic E-state index is 12.0. The molecule has 0 aliphatic carbocycles. The number of anilines is 1. The van der Waals surface area contributed by atoms with Crippen LogP contribution < -0.4 is 4.90 Å². The minimum atomic E-state index is -0.173. The van der Waals surface area contributed by atoms with E-state index in [0.717, 1.165) is 28.9 Å². The highest BCUT2D eigenvalue weighted by atomic mass is 127. The Bertz CT molecular complexity index is 508. The molecular weight excluding hydrogens is 381 g/mol. The fraction of sp³-hybridized carbons (Fsp3) is 0.600. The quantitative estimate of drug-likeness (QED) is 0.731. The van der Waals surface area contributed by atoms with Crippen LogP contribution in [0, 0.1) is 9.49 Å². The zero-order chi connectivity index (χ0) is 15.0. The van der Waals surface area contributed by atoms with Crippen molar-refractivity contribution in [3.63, 3.8) is 0 Å². The van der Waals surface area contributed by atoms with Crippen molar-refractivity contribution in [3.05, 3.63) is 21.9 Å². The first-order valence-corrected chi connectivity index (χ1v) is 8.44. The number of piperidine rings is 1. The summed E-state index contributed by atoms with van der Waals surface area (Å²) in [6, 6.07) is 4.89. The zero-order valence-electron chi connectivity index (χ0n) is 12.3. The second kappa shape index (κ2) is 5.98. The lowest BCUT2D eigenvalue weighted by Gasteiger charge is -2.56. The standard InChI is InChI=1S/C15H20IN3O2/c1-10(2)9-21-15(20)18-7-12-5-13(8-18)19(12)14-4-3-11(16)6-17-14/h3-4,6,10,12-13H,5,7-9H2,1-2H3. The number of rotatable bonds is 3. The molecule has 114 valence electrons. The molecule has 3 aliphatic heterocycles. The number of nitrogens with zero attached hydrogens (tertiary/aromatic N) is 3. The van der Waals surface area contributed by atoms with Gasteiger partial charge in [0.1, 0.15) is 5.82 Å². The molecule has 0 radical (unpaired) electrons. The Morgan fingerprint density at radius 2 is 2.14 bits per heavy atom. The first-order valence-electron chi connectivity index (χ1n) is 7.36. The summed E-state index contributed by atoms with van der Waals surface area (Å²) in [6.07, 6.45) is 2.86. The molecule has 0 aromatic carbocycles. The van der Waals surface area contributed by atoms with Gasteiger partial charge in [-0.05, 0) is 47.1 Å². The molecule has 3 fully saturated rings. The molecular formula is C15H20IN3O2. The van der Waals surface area contributed by atoms with E-state index in [0.29, 0.717) is 24.6 Å². The Morgan fingerprint density at radius 3 is 2.71 bits per heavy atom. The molecule has 6 heteroatoms. The topological polar surface area (TPSA) is 45.7 Å². The van der Waals surface area contributed by atoms with Gasteiger partial charge in [-0.3, -0.25) is 0 Å². The zero-order valence-corrected chi connectivity index (χ0v) is 14.5. The van der Waals surface area contributed by atoms with E-state index in [9.17, 15) is 4.79 Å². The van der Waals surface area contributed by atoms with Gasteiger partial charge in [0.2, 0.25) is 0 Å². The number of amides is 1. The van der Waals surface area contributed by atoms with Crippen LogP contribution >= 0.6 is 22.6 Å². The van der Waals surface area contributed by atoms with E-state index in [2.05, 4.69) is 44.6 Å². The molecule has 0 spiro atoms. The van der Waals surface area contributed by atoms with Gasteiger partial charge in [0.05, 0.1) is 18.7 Å². The lowest BCUT2D eigenvalue weighted by atomic mass is 9.87. The van der Waals surface area contributed by atoms with Crippen molar-refractivity contribution in [1.82, 2.24) is 9.88 Å². The molecule has 3 aliphatic rings. The number of hydrogen-bond donors (Lipinski definition) is 0. The maximum Gasteiger partial charge on any atom is 0.409 e. The highest BCUT2D eigenvalue weighted by Crippen LogP contribution is 2.36. The third-order valence-electron chi connectivity index (χ3n) is 3.97. The number of pyridine rings is 1. The number of fused-ring (bicyclic) bond motifs is 2. The second-order valence-electron chi connectivity index (χ2n) is 6.16. The third-order valence-corrected chi connectivity index (χ3v) is 4.61. The molecule has 3 saturated heterocycles. The number of hydrogen-bond acceptors (Lipinski definition) is 4. The van der Waals surface area contributed by atoms with Crippen molar-refractivity contribution in [3.8, 4) is 0 Å². The molecule has 0 N–H and O–H groups in total. The van der Waals surface area contributed by atoms with E-state index in [4.69, 9.17) is 4.74 Å². The smallest absolute Gasteiger partial charge is 0.409 e. The first-order chi connectivity index (χ1) is 10.0. The number of carbonyl (C=O) groups is 1. The van der Waals surface area contributed by atoms with Crippen LogP contribution in [0.1, 0.15) is 20.3 Å². The summed E-state index contributed by atoms with van der Waals surface area (Å²) in [5.41, 5.74) is 0. The lowest BCUT2D eigenvalue weighted by Crippen LogP contribution is -2.70. The predicted molar refractivity (Wildman–Crippen MR) is 89.4 cm³/mol. The Kier molecular flexibility index (Phi) is 4.24. The van der Waals surface area contributed by atoms with Gasteiger partial charge in [0.25, 0.3) is 0 Å². The summed E-state index contributed by atoms with van der Waals surface area (Å²) in [7, 11) is 0. The number of piperazine rings is 1. The largest absolute Gasteiger partial charge is 0.449 e. The van der Waals surface area contributed by atoms with Gasteiger partial charge in [-0.25, -0.2) is 9.78 Å². The molecule has 4 rings (SSSR count). The Labute approximate surface area is 138 Å². The Balaban J connectivity index is 1.59. The van der Waals surface area contributed by atoms with Gasteiger partial charge in [-0.1, -0.05) is 13.8 Å². The van der Waals surface area contributed by atoms with E-state index in [1.54, 1.807) is 0 Å². The van der Waals surface area contributed by atoms with E-state index < -0.39 is 0 Å². The van der Waals surface area contributed by atoms with E-state index in [1.165, 1.54) is 0 Å². The van der Waals surface area contributed by atoms with Crippen molar-refractivity contribution in [1.29, 1.82) is 0 Å². The van der Waals surface area contributed by atoms with Crippen LogP contribution in [0.25, 0.3) is 0 Å². The molecule has 21 heavy (non-hydrogen) atoms. The second-order valence-corrected chi connectivity index (χ2v) is 7.41. The van der Waals surface area contributed by atoms with E-state index in [1.807, 2.05) is 24.9 Å². The summed E-state index contributed by atoms with van der Waals surface area (Å²) in [6.45, 7) is 6.06. The molecule has 0 saturated carbocycles. The molecule has 4 heterocycles. The van der Waals surface area contributed by atoms with Crippen molar-refractivity contribution >= 4 is 34.5 Å². The summed E-state index contributed by atoms with van der Waals surface area (Å²) in [5, 5.41) is 0. The summed E-state index contributed by atoms with van der Waals surface area (Å²) in [5.74, 6) is 1.40. The summed E-state index contributed by atoms with van der Waals surface area (Å²) >= 11 is 2.26. The molecule has 2 atom stereocenters. The number of aromatic nitrogens is 1. The normalized spacial score (nSPS) is 24.0. The predicted octanol–water partition coefficient (Wildman–Crippen LogP) is 2.74. The molecule has 2 bridgehead atoms. The van der Waals surface area contributed by atoms with Crippen molar-refractivity contribution in [2.75, 3.05) is 24.6 Å². The average molecular weight is 401 g/mol. The molecule has 1 aromatic heterocycles. The molecule has 1 amide bonds. The molecule has 5 nitrogen and oxygen atoms in total. The van der Waals surface area contributed by atoms with E-state index >= 15 is 0 Å². The molecule has 1 aromatic rings. The maximum absolute atomic E-state index is 12.0. The van der Waals surface area contributed by atoms with Gasteiger partial charge < -0.3 is 14.5 Å². The van der Waals surface area contributed by atoms with Crippen LogP contribution in [0.2, 0.25) is 0 Å².